The summed E-state index contributed by atoms with van der Waals surface area (Å²) in [4.78, 5) is 0. The van der Waals surface area contributed by atoms with Crippen LogP contribution in [0.3, 0.4) is 0 Å². The fourth-order valence-electron chi connectivity index (χ4n) is 1.70. The molecule has 1 atom stereocenters. The Hall–Kier alpha value is -1.30. The Bertz CT molecular complexity index is 395. The lowest BCUT2D eigenvalue weighted by molar-refractivity contribution is 0.0958. The number of rotatable bonds is 9. The monoisotopic (exact) mass is 283 g/mol. The summed E-state index contributed by atoms with van der Waals surface area (Å²) in [6.45, 7) is 4.71. The number of aliphatic hydroxyl groups is 2. The number of ether oxygens (including phenoxy) is 2. The minimum atomic E-state index is -0.612. The molecule has 5 nitrogen and oxygen atoms in total. The van der Waals surface area contributed by atoms with Crippen LogP contribution in [-0.4, -0.2) is 48.7 Å². The second-order valence-corrected chi connectivity index (χ2v) is 5.38. The highest BCUT2D eigenvalue weighted by Crippen LogP contribution is 2.18. The number of hydrogen-bond donors (Lipinski definition) is 3. The van der Waals surface area contributed by atoms with Gasteiger partial charge in [-0.2, -0.15) is 0 Å². The molecule has 0 bridgehead atoms. The Labute approximate surface area is 120 Å². The van der Waals surface area contributed by atoms with Crippen molar-refractivity contribution in [3.05, 3.63) is 24.3 Å². The van der Waals surface area contributed by atoms with E-state index >= 15 is 0 Å². The number of aliphatic hydroxyl groups excluding tert-OH is 2. The molecule has 0 fully saturated rings. The summed E-state index contributed by atoms with van der Waals surface area (Å²) in [5, 5.41) is 22.0. The van der Waals surface area contributed by atoms with Crippen molar-refractivity contribution in [2.45, 2.75) is 31.9 Å². The molecule has 0 amide bonds. The van der Waals surface area contributed by atoms with Crippen molar-refractivity contribution in [3.63, 3.8) is 0 Å². The van der Waals surface area contributed by atoms with E-state index in [0.29, 0.717) is 18.7 Å². The number of methoxy groups -OCH3 is 1. The minimum Gasteiger partial charge on any atom is -0.497 e. The van der Waals surface area contributed by atoms with Crippen molar-refractivity contribution in [2.24, 2.45) is 0 Å². The van der Waals surface area contributed by atoms with Crippen LogP contribution in [0, 0.1) is 0 Å². The first kappa shape index (κ1) is 16.8. The van der Waals surface area contributed by atoms with Gasteiger partial charge in [-0.1, -0.05) is 6.07 Å². The Morgan fingerprint density at radius 3 is 2.65 bits per heavy atom. The summed E-state index contributed by atoms with van der Waals surface area (Å²) in [5.74, 6) is 1.39. The average molecular weight is 283 g/mol. The summed E-state index contributed by atoms with van der Waals surface area (Å²) in [5.41, 5.74) is -0.203. The Kier molecular flexibility index (Phi) is 6.78. The molecule has 0 radical (unpaired) electrons. The topological polar surface area (TPSA) is 71.0 Å². The van der Waals surface area contributed by atoms with Crippen molar-refractivity contribution < 1.29 is 19.7 Å². The second-order valence-electron chi connectivity index (χ2n) is 5.38. The fraction of sp³-hybridized carbons (Fsp3) is 0.600. The van der Waals surface area contributed by atoms with Crippen molar-refractivity contribution >= 4 is 0 Å². The molecule has 1 aromatic rings. The summed E-state index contributed by atoms with van der Waals surface area (Å²) in [6, 6.07) is 7.26. The van der Waals surface area contributed by atoms with Crippen LogP contribution < -0.4 is 14.8 Å². The lowest BCUT2D eigenvalue weighted by Gasteiger charge is -2.27. The van der Waals surface area contributed by atoms with E-state index in [-0.39, 0.29) is 18.8 Å². The smallest absolute Gasteiger partial charge is 0.123 e. The van der Waals surface area contributed by atoms with Gasteiger partial charge in [0.15, 0.2) is 0 Å². The van der Waals surface area contributed by atoms with Gasteiger partial charge in [0.1, 0.15) is 24.2 Å². The largest absolute Gasteiger partial charge is 0.497 e. The molecule has 1 aromatic carbocycles. The normalized spacial score (nSPS) is 13.1. The standard InChI is InChI=1S/C15H25NO4/c1-15(2,7-8-17)16-10-12(18)11-20-14-6-4-5-13(9-14)19-3/h4-6,9,12,16-18H,7-8,10-11H2,1-3H3. The fourth-order valence-corrected chi connectivity index (χ4v) is 1.70. The van der Waals surface area contributed by atoms with E-state index in [0.717, 1.165) is 5.75 Å². The molecule has 0 spiro atoms. The summed E-state index contributed by atoms with van der Waals surface area (Å²) in [7, 11) is 1.60. The van der Waals surface area contributed by atoms with Crippen LogP contribution in [0.5, 0.6) is 11.5 Å². The Morgan fingerprint density at radius 2 is 2.00 bits per heavy atom. The first-order valence-corrected chi connectivity index (χ1v) is 6.77. The second kappa shape index (κ2) is 8.09. The maximum atomic E-state index is 9.89. The van der Waals surface area contributed by atoms with E-state index in [1.54, 1.807) is 13.2 Å². The minimum absolute atomic E-state index is 0.121. The van der Waals surface area contributed by atoms with Crippen molar-refractivity contribution in [1.29, 1.82) is 0 Å². The third-order valence-electron chi connectivity index (χ3n) is 3.04. The molecule has 0 aliphatic rings. The maximum Gasteiger partial charge on any atom is 0.123 e. The number of β-amino-alcohol motifs (C(OH)–C–C–N with tert-alkyl or cyclic N) is 1. The van der Waals surface area contributed by atoms with Gasteiger partial charge in [0.2, 0.25) is 0 Å². The van der Waals surface area contributed by atoms with Gasteiger partial charge >= 0.3 is 0 Å². The van der Waals surface area contributed by atoms with Crippen LogP contribution in [0.1, 0.15) is 20.3 Å². The number of hydrogen-bond acceptors (Lipinski definition) is 5. The molecule has 0 heterocycles. The summed E-state index contributed by atoms with van der Waals surface area (Å²) >= 11 is 0. The highest BCUT2D eigenvalue weighted by atomic mass is 16.5. The lowest BCUT2D eigenvalue weighted by atomic mass is 10.0. The molecule has 20 heavy (non-hydrogen) atoms. The third kappa shape index (κ3) is 6.23. The molecule has 0 saturated carbocycles. The van der Waals surface area contributed by atoms with Gasteiger partial charge in [0, 0.05) is 24.8 Å². The molecular weight excluding hydrogens is 258 g/mol. The Balaban J connectivity index is 2.34. The van der Waals surface area contributed by atoms with Gasteiger partial charge in [-0.05, 0) is 32.4 Å². The molecule has 0 saturated heterocycles. The third-order valence-corrected chi connectivity index (χ3v) is 3.04. The zero-order chi connectivity index (χ0) is 15.0. The van der Waals surface area contributed by atoms with Gasteiger partial charge in [-0.3, -0.25) is 0 Å². The number of nitrogens with one attached hydrogen (secondary N) is 1. The molecule has 1 rings (SSSR count). The lowest BCUT2D eigenvalue weighted by Crippen LogP contribution is -2.45. The Morgan fingerprint density at radius 1 is 1.30 bits per heavy atom. The highest BCUT2D eigenvalue weighted by molar-refractivity contribution is 5.32. The molecular formula is C15H25NO4. The van der Waals surface area contributed by atoms with Crippen molar-refractivity contribution in [3.8, 4) is 11.5 Å². The van der Waals surface area contributed by atoms with Gasteiger partial charge in [-0.25, -0.2) is 0 Å². The van der Waals surface area contributed by atoms with Crippen molar-refractivity contribution in [2.75, 3.05) is 26.9 Å². The molecule has 5 heteroatoms. The zero-order valence-corrected chi connectivity index (χ0v) is 12.4. The van der Waals surface area contributed by atoms with Gasteiger partial charge in [0.25, 0.3) is 0 Å². The van der Waals surface area contributed by atoms with E-state index in [1.807, 2.05) is 32.0 Å². The molecule has 114 valence electrons. The molecule has 1 unspecified atom stereocenters. The zero-order valence-electron chi connectivity index (χ0n) is 12.4. The first-order chi connectivity index (χ1) is 9.46. The van der Waals surface area contributed by atoms with E-state index in [9.17, 15) is 5.11 Å². The van der Waals surface area contributed by atoms with Crippen LogP contribution >= 0.6 is 0 Å². The van der Waals surface area contributed by atoms with Crippen LogP contribution in [0.25, 0.3) is 0 Å². The van der Waals surface area contributed by atoms with Crippen LogP contribution in [0.2, 0.25) is 0 Å². The number of benzene rings is 1. The van der Waals surface area contributed by atoms with Crippen LogP contribution in [0.15, 0.2) is 24.3 Å². The van der Waals surface area contributed by atoms with E-state index < -0.39 is 6.10 Å². The summed E-state index contributed by atoms with van der Waals surface area (Å²) in [6.07, 6.45) is 0.0235. The molecule has 0 aliphatic carbocycles. The average Bonchev–Trinajstić information content (AvgIpc) is 2.43. The van der Waals surface area contributed by atoms with Crippen molar-refractivity contribution in [1.82, 2.24) is 5.32 Å². The summed E-state index contributed by atoms with van der Waals surface area (Å²) < 4.78 is 10.6. The van der Waals surface area contributed by atoms with Gasteiger partial charge < -0.3 is 25.0 Å². The highest BCUT2D eigenvalue weighted by Gasteiger charge is 2.17. The maximum absolute atomic E-state index is 9.89. The molecule has 0 aliphatic heterocycles. The SMILES string of the molecule is COc1cccc(OCC(O)CNC(C)(C)CCO)c1. The first-order valence-electron chi connectivity index (χ1n) is 6.77. The van der Waals surface area contributed by atoms with E-state index in [1.165, 1.54) is 0 Å². The predicted octanol–water partition coefficient (Wildman–Crippen LogP) is 1.19. The van der Waals surface area contributed by atoms with Gasteiger partial charge in [-0.15, -0.1) is 0 Å². The van der Waals surface area contributed by atoms with E-state index in [2.05, 4.69) is 5.32 Å². The van der Waals surface area contributed by atoms with Gasteiger partial charge in [0.05, 0.1) is 7.11 Å². The quantitative estimate of drug-likeness (QED) is 0.635. The van der Waals surface area contributed by atoms with Crippen LogP contribution in [-0.2, 0) is 0 Å². The predicted molar refractivity (Wildman–Crippen MR) is 78.3 cm³/mol. The molecule has 0 aromatic heterocycles. The van der Waals surface area contributed by atoms with E-state index in [4.69, 9.17) is 14.6 Å². The van der Waals surface area contributed by atoms with Crippen LogP contribution in [0.4, 0.5) is 0 Å². The molecule has 3 N–H and O–H groups in total.